The van der Waals surface area contributed by atoms with Crippen molar-refractivity contribution in [1.29, 1.82) is 0 Å². The van der Waals surface area contributed by atoms with Gasteiger partial charge in [0, 0.05) is 12.1 Å². The number of rotatable bonds is 4. The standard InChI is InChI=1S/C15H21Cl2N/c1-3-11-5-4-6-15(11)18-10(2)12-7-8-13(16)14(17)9-12/h7-11,15,18H,3-6H2,1-2H3. The summed E-state index contributed by atoms with van der Waals surface area (Å²) in [5.74, 6) is 0.829. The Morgan fingerprint density at radius 1 is 1.28 bits per heavy atom. The Morgan fingerprint density at radius 2 is 2.06 bits per heavy atom. The van der Waals surface area contributed by atoms with Crippen molar-refractivity contribution in [3.8, 4) is 0 Å². The molecular weight excluding hydrogens is 265 g/mol. The summed E-state index contributed by atoms with van der Waals surface area (Å²) in [5.41, 5.74) is 1.21. The number of hydrogen-bond donors (Lipinski definition) is 1. The molecule has 1 fully saturated rings. The molecule has 1 aliphatic rings. The smallest absolute Gasteiger partial charge is 0.0595 e. The summed E-state index contributed by atoms with van der Waals surface area (Å²) >= 11 is 12.0. The van der Waals surface area contributed by atoms with Gasteiger partial charge in [-0.3, -0.25) is 0 Å². The molecule has 0 saturated heterocycles. The van der Waals surface area contributed by atoms with E-state index in [1.54, 1.807) is 0 Å². The van der Waals surface area contributed by atoms with Gasteiger partial charge in [0.05, 0.1) is 10.0 Å². The molecule has 0 amide bonds. The topological polar surface area (TPSA) is 12.0 Å². The van der Waals surface area contributed by atoms with Gasteiger partial charge in [-0.05, 0) is 43.4 Å². The van der Waals surface area contributed by atoms with Gasteiger partial charge in [0.25, 0.3) is 0 Å². The van der Waals surface area contributed by atoms with E-state index >= 15 is 0 Å². The lowest BCUT2D eigenvalue weighted by Gasteiger charge is -2.24. The van der Waals surface area contributed by atoms with Crippen LogP contribution in [-0.4, -0.2) is 6.04 Å². The quantitative estimate of drug-likeness (QED) is 0.799. The fraction of sp³-hybridized carbons (Fsp3) is 0.600. The molecule has 18 heavy (non-hydrogen) atoms. The first-order valence-corrected chi connectivity index (χ1v) is 7.58. The van der Waals surface area contributed by atoms with E-state index in [2.05, 4.69) is 25.2 Å². The first-order chi connectivity index (χ1) is 8.61. The molecule has 0 heterocycles. The van der Waals surface area contributed by atoms with E-state index in [0.717, 1.165) is 5.92 Å². The van der Waals surface area contributed by atoms with Crippen LogP contribution in [0, 0.1) is 5.92 Å². The molecular formula is C15H21Cl2N. The van der Waals surface area contributed by atoms with Crippen LogP contribution in [0.1, 0.15) is 51.1 Å². The van der Waals surface area contributed by atoms with E-state index in [-0.39, 0.29) is 0 Å². The van der Waals surface area contributed by atoms with Gasteiger partial charge >= 0.3 is 0 Å². The maximum Gasteiger partial charge on any atom is 0.0595 e. The zero-order valence-electron chi connectivity index (χ0n) is 11.0. The van der Waals surface area contributed by atoms with Gasteiger partial charge in [-0.1, -0.05) is 49.0 Å². The molecule has 3 atom stereocenters. The Hall–Kier alpha value is -0.240. The summed E-state index contributed by atoms with van der Waals surface area (Å²) in [6.45, 7) is 4.49. The highest BCUT2D eigenvalue weighted by Gasteiger charge is 2.26. The molecule has 0 spiro atoms. The van der Waals surface area contributed by atoms with Gasteiger partial charge in [-0.15, -0.1) is 0 Å². The Morgan fingerprint density at radius 3 is 2.72 bits per heavy atom. The Balaban J connectivity index is 2.02. The first-order valence-electron chi connectivity index (χ1n) is 6.82. The van der Waals surface area contributed by atoms with E-state index in [0.29, 0.717) is 22.1 Å². The maximum absolute atomic E-state index is 6.07. The minimum Gasteiger partial charge on any atom is -0.307 e. The average molecular weight is 286 g/mol. The summed E-state index contributed by atoms with van der Waals surface area (Å²) in [4.78, 5) is 0. The first kappa shape index (κ1) is 14.2. The van der Waals surface area contributed by atoms with Crippen LogP contribution in [0.3, 0.4) is 0 Å². The second kappa shape index (κ2) is 6.27. The summed E-state index contributed by atoms with van der Waals surface area (Å²) in [7, 11) is 0. The fourth-order valence-electron chi connectivity index (χ4n) is 2.94. The van der Waals surface area contributed by atoms with Crippen LogP contribution >= 0.6 is 23.2 Å². The zero-order chi connectivity index (χ0) is 13.1. The number of nitrogens with one attached hydrogen (secondary N) is 1. The van der Waals surface area contributed by atoms with Crippen molar-refractivity contribution in [2.45, 2.75) is 51.6 Å². The van der Waals surface area contributed by atoms with Crippen molar-refractivity contribution in [2.75, 3.05) is 0 Å². The average Bonchev–Trinajstić information content (AvgIpc) is 2.79. The van der Waals surface area contributed by atoms with Crippen molar-refractivity contribution in [2.24, 2.45) is 5.92 Å². The van der Waals surface area contributed by atoms with Crippen LogP contribution in [0.25, 0.3) is 0 Å². The monoisotopic (exact) mass is 285 g/mol. The molecule has 0 aliphatic heterocycles. The predicted octanol–water partition coefficient (Wildman–Crippen LogP) is 5.22. The molecule has 1 aromatic carbocycles. The molecule has 1 N–H and O–H groups in total. The molecule has 100 valence electrons. The minimum atomic E-state index is 0.330. The van der Waals surface area contributed by atoms with Crippen LogP contribution in [0.5, 0.6) is 0 Å². The summed E-state index contributed by atoms with van der Waals surface area (Å²) < 4.78 is 0. The van der Waals surface area contributed by atoms with Crippen molar-refractivity contribution >= 4 is 23.2 Å². The second-order valence-corrected chi connectivity index (χ2v) is 6.08. The Bertz CT molecular complexity index is 405. The van der Waals surface area contributed by atoms with Crippen LogP contribution in [0.15, 0.2) is 18.2 Å². The highest BCUT2D eigenvalue weighted by Crippen LogP contribution is 2.31. The van der Waals surface area contributed by atoms with Crippen LogP contribution in [0.4, 0.5) is 0 Å². The predicted molar refractivity (Wildman–Crippen MR) is 79.4 cm³/mol. The SMILES string of the molecule is CCC1CCCC1NC(C)c1ccc(Cl)c(Cl)c1. The maximum atomic E-state index is 6.07. The largest absolute Gasteiger partial charge is 0.307 e. The highest BCUT2D eigenvalue weighted by molar-refractivity contribution is 6.42. The highest BCUT2D eigenvalue weighted by atomic mass is 35.5. The van der Waals surface area contributed by atoms with Crippen LogP contribution in [0.2, 0.25) is 10.0 Å². The van der Waals surface area contributed by atoms with E-state index in [4.69, 9.17) is 23.2 Å². The zero-order valence-corrected chi connectivity index (χ0v) is 12.6. The van der Waals surface area contributed by atoms with Gasteiger partial charge in [-0.2, -0.15) is 0 Å². The lowest BCUT2D eigenvalue weighted by atomic mass is 9.98. The number of halogens is 2. The number of benzene rings is 1. The lowest BCUT2D eigenvalue weighted by Crippen LogP contribution is -2.34. The van der Waals surface area contributed by atoms with E-state index < -0.39 is 0 Å². The Labute approximate surface area is 120 Å². The van der Waals surface area contributed by atoms with Gasteiger partial charge in [0.15, 0.2) is 0 Å². The second-order valence-electron chi connectivity index (χ2n) is 5.27. The van der Waals surface area contributed by atoms with Gasteiger partial charge in [0.2, 0.25) is 0 Å². The third-order valence-corrected chi connectivity index (χ3v) is 4.83. The third-order valence-electron chi connectivity index (χ3n) is 4.09. The van der Waals surface area contributed by atoms with E-state index in [9.17, 15) is 0 Å². The molecule has 0 radical (unpaired) electrons. The van der Waals surface area contributed by atoms with Crippen molar-refractivity contribution < 1.29 is 0 Å². The van der Waals surface area contributed by atoms with Crippen molar-refractivity contribution in [1.82, 2.24) is 5.32 Å². The molecule has 1 saturated carbocycles. The van der Waals surface area contributed by atoms with Crippen molar-refractivity contribution in [3.63, 3.8) is 0 Å². The summed E-state index contributed by atoms with van der Waals surface area (Å²) in [6, 6.07) is 6.89. The van der Waals surface area contributed by atoms with Crippen molar-refractivity contribution in [3.05, 3.63) is 33.8 Å². The van der Waals surface area contributed by atoms with Gasteiger partial charge in [-0.25, -0.2) is 0 Å². The molecule has 2 rings (SSSR count). The summed E-state index contributed by atoms with van der Waals surface area (Å²) in [6.07, 6.45) is 5.28. The fourth-order valence-corrected chi connectivity index (χ4v) is 3.25. The normalized spacial score (nSPS) is 25.3. The molecule has 3 unspecified atom stereocenters. The molecule has 1 aliphatic carbocycles. The van der Waals surface area contributed by atoms with E-state index in [1.165, 1.54) is 31.2 Å². The minimum absolute atomic E-state index is 0.330. The van der Waals surface area contributed by atoms with Gasteiger partial charge < -0.3 is 5.32 Å². The molecule has 1 aromatic rings. The van der Waals surface area contributed by atoms with Crippen LogP contribution < -0.4 is 5.32 Å². The van der Waals surface area contributed by atoms with Gasteiger partial charge in [0.1, 0.15) is 0 Å². The molecule has 0 bridgehead atoms. The third kappa shape index (κ3) is 3.20. The Kier molecular flexibility index (Phi) is 4.94. The van der Waals surface area contributed by atoms with E-state index in [1.807, 2.05) is 12.1 Å². The molecule has 0 aromatic heterocycles. The summed E-state index contributed by atoms with van der Waals surface area (Å²) in [5, 5.41) is 5.01. The molecule has 3 heteroatoms. The lowest BCUT2D eigenvalue weighted by molar-refractivity contribution is 0.360. The number of hydrogen-bond acceptors (Lipinski definition) is 1. The van der Waals surface area contributed by atoms with Crippen LogP contribution in [-0.2, 0) is 0 Å². The molecule has 1 nitrogen and oxygen atoms in total.